The molecular weight excluding hydrogens is 315 g/mol. The van der Waals surface area contributed by atoms with E-state index in [0.717, 1.165) is 21.2 Å². The number of rotatable bonds is 4. The van der Waals surface area contributed by atoms with E-state index in [1.54, 1.807) is 6.07 Å². The van der Waals surface area contributed by atoms with Crippen LogP contribution in [0.2, 0.25) is 0 Å². The maximum Gasteiger partial charge on any atom is 0.406 e. The highest BCUT2D eigenvalue weighted by Crippen LogP contribution is 2.23. The molecule has 0 aliphatic carbocycles. The van der Waals surface area contributed by atoms with E-state index in [4.69, 9.17) is 0 Å². The molecule has 0 bridgehead atoms. The van der Waals surface area contributed by atoms with Gasteiger partial charge < -0.3 is 4.90 Å². The number of carbonyl (C=O) groups is 1. The van der Waals surface area contributed by atoms with E-state index < -0.39 is 24.0 Å². The average Bonchev–Trinajstić information content (AvgIpc) is 2.43. The number of carbonyl (C=O) groups excluding carboxylic acids is 1. The molecule has 0 saturated carbocycles. The van der Waals surface area contributed by atoms with Crippen molar-refractivity contribution in [2.45, 2.75) is 33.4 Å². The van der Waals surface area contributed by atoms with Gasteiger partial charge in [-0.15, -0.1) is 0 Å². The Bertz CT molecular complexity index is 700. The van der Waals surface area contributed by atoms with Crippen LogP contribution in [-0.2, 0) is 11.2 Å². The van der Waals surface area contributed by atoms with E-state index in [9.17, 15) is 18.0 Å². The largest absolute Gasteiger partial charge is 0.406 e. The van der Waals surface area contributed by atoms with Gasteiger partial charge in [-0.2, -0.15) is 13.2 Å². The van der Waals surface area contributed by atoms with Crippen molar-refractivity contribution in [3.05, 3.63) is 48.0 Å². The van der Waals surface area contributed by atoms with Crippen molar-refractivity contribution < 1.29 is 18.0 Å². The standard InChI is InChI=1S/C19H22F3NO/c1-18(2,3)12-23(13-19(20,21)22)17(24)11-14-8-9-15-6-4-5-7-16(15)10-14/h4-10H,11-13H2,1-3H3. The van der Waals surface area contributed by atoms with Crippen molar-refractivity contribution in [3.8, 4) is 0 Å². The molecule has 0 aliphatic heterocycles. The first-order chi connectivity index (χ1) is 11.0. The van der Waals surface area contributed by atoms with E-state index in [2.05, 4.69) is 0 Å². The topological polar surface area (TPSA) is 20.3 Å². The van der Waals surface area contributed by atoms with E-state index in [-0.39, 0.29) is 13.0 Å². The molecule has 0 unspecified atom stereocenters. The van der Waals surface area contributed by atoms with E-state index in [1.807, 2.05) is 57.2 Å². The van der Waals surface area contributed by atoms with Gasteiger partial charge in [0.25, 0.3) is 0 Å². The molecule has 0 N–H and O–H groups in total. The summed E-state index contributed by atoms with van der Waals surface area (Å²) in [5, 5.41) is 2.01. The summed E-state index contributed by atoms with van der Waals surface area (Å²) in [6, 6.07) is 13.2. The van der Waals surface area contributed by atoms with Crippen LogP contribution in [0.25, 0.3) is 10.8 Å². The Morgan fingerprint density at radius 1 is 0.958 bits per heavy atom. The predicted octanol–water partition coefficient (Wildman–Crippen LogP) is 4.82. The summed E-state index contributed by atoms with van der Waals surface area (Å²) < 4.78 is 38.4. The maximum absolute atomic E-state index is 12.8. The molecular formula is C19H22F3NO. The predicted molar refractivity (Wildman–Crippen MR) is 89.7 cm³/mol. The highest BCUT2D eigenvalue weighted by atomic mass is 19.4. The second kappa shape index (κ2) is 6.83. The fourth-order valence-electron chi connectivity index (χ4n) is 2.66. The van der Waals surface area contributed by atoms with Gasteiger partial charge in [-0.05, 0) is 21.8 Å². The van der Waals surface area contributed by atoms with Crippen LogP contribution in [0.4, 0.5) is 13.2 Å². The summed E-state index contributed by atoms with van der Waals surface area (Å²) in [5.74, 6) is -0.502. The molecule has 0 saturated heterocycles. The van der Waals surface area contributed by atoms with Gasteiger partial charge >= 0.3 is 6.18 Å². The molecule has 0 spiro atoms. The molecule has 5 heteroatoms. The van der Waals surface area contributed by atoms with Crippen LogP contribution < -0.4 is 0 Å². The number of benzene rings is 2. The molecule has 2 aromatic carbocycles. The molecule has 2 rings (SSSR count). The minimum atomic E-state index is -4.40. The summed E-state index contributed by atoms with van der Waals surface area (Å²) in [4.78, 5) is 13.3. The fraction of sp³-hybridized carbons (Fsp3) is 0.421. The Kier molecular flexibility index (Phi) is 5.21. The van der Waals surface area contributed by atoms with Crippen LogP contribution in [0.3, 0.4) is 0 Å². The van der Waals surface area contributed by atoms with Gasteiger partial charge in [-0.1, -0.05) is 63.2 Å². The third-order valence-corrected chi connectivity index (χ3v) is 3.56. The van der Waals surface area contributed by atoms with Crippen molar-refractivity contribution in [1.82, 2.24) is 4.90 Å². The Morgan fingerprint density at radius 2 is 1.58 bits per heavy atom. The summed E-state index contributed by atoms with van der Waals surface area (Å²) in [7, 11) is 0. The highest BCUT2D eigenvalue weighted by molar-refractivity contribution is 5.85. The number of alkyl halides is 3. The molecule has 2 nitrogen and oxygen atoms in total. The van der Waals surface area contributed by atoms with E-state index in [1.165, 1.54) is 0 Å². The van der Waals surface area contributed by atoms with Gasteiger partial charge in [0, 0.05) is 6.54 Å². The zero-order valence-electron chi connectivity index (χ0n) is 14.2. The monoisotopic (exact) mass is 337 g/mol. The Morgan fingerprint density at radius 3 is 2.17 bits per heavy atom. The number of hydrogen-bond acceptors (Lipinski definition) is 1. The summed E-state index contributed by atoms with van der Waals surface area (Å²) in [6.45, 7) is 4.31. The van der Waals surface area contributed by atoms with Crippen LogP contribution in [0.1, 0.15) is 26.3 Å². The highest BCUT2D eigenvalue weighted by Gasteiger charge is 2.34. The lowest BCUT2D eigenvalue weighted by atomic mass is 9.95. The summed E-state index contributed by atoms with van der Waals surface area (Å²) in [5.41, 5.74) is 0.324. The molecule has 24 heavy (non-hydrogen) atoms. The van der Waals surface area contributed by atoms with Crippen molar-refractivity contribution in [2.75, 3.05) is 13.1 Å². The lowest BCUT2D eigenvalue weighted by Crippen LogP contribution is -2.44. The van der Waals surface area contributed by atoms with Gasteiger partial charge in [-0.3, -0.25) is 4.79 Å². The lowest BCUT2D eigenvalue weighted by molar-refractivity contribution is -0.163. The van der Waals surface area contributed by atoms with Gasteiger partial charge in [-0.25, -0.2) is 0 Å². The minimum Gasteiger partial charge on any atom is -0.333 e. The molecule has 0 radical (unpaired) electrons. The first-order valence-corrected chi connectivity index (χ1v) is 7.86. The Labute approximate surface area is 140 Å². The zero-order valence-corrected chi connectivity index (χ0v) is 14.2. The number of amides is 1. The van der Waals surface area contributed by atoms with Crippen molar-refractivity contribution in [3.63, 3.8) is 0 Å². The molecule has 1 amide bonds. The minimum absolute atomic E-state index is 0.0308. The smallest absolute Gasteiger partial charge is 0.333 e. The van der Waals surface area contributed by atoms with Gasteiger partial charge in [0.2, 0.25) is 5.91 Å². The first-order valence-electron chi connectivity index (χ1n) is 7.86. The number of nitrogens with zero attached hydrogens (tertiary/aromatic N) is 1. The summed E-state index contributed by atoms with van der Waals surface area (Å²) >= 11 is 0. The number of fused-ring (bicyclic) bond motifs is 1. The molecule has 0 atom stereocenters. The van der Waals surface area contributed by atoms with Gasteiger partial charge in [0.05, 0.1) is 6.42 Å². The number of hydrogen-bond donors (Lipinski definition) is 0. The van der Waals surface area contributed by atoms with Gasteiger partial charge in [0.1, 0.15) is 6.54 Å². The molecule has 0 heterocycles. The third kappa shape index (κ3) is 5.55. The SMILES string of the molecule is CC(C)(C)CN(CC(F)(F)F)C(=O)Cc1ccc2ccccc2c1. The lowest BCUT2D eigenvalue weighted by Gasteiger charge is -2.30. The van der Waals surface area contributed by atoms with Crippen molar-refractivity contribution in [2.24, 2.45) is 5.41 Å². The van der Waals surface area contributed by atoms with E-state index >= 15 is 0 Å². The van der Waals surface area contributed by atoms with Crippen molar-refractivity contribution in [1.29, 1.82) is 0 Å². The van der Waals surface area contributed by atoms with E-state index in [0.29, 0.717) is 0 Å². The Balaban J connectivity index is 2.18. The first kappa shape index (κ1) is 18.3. The van der Waals surface area contributed by atoms with Crippen LogP contribution >= 0.6 is 0 Å². The average molecular weight is 337 g/mol. The third-order valence-electron chi connectivity index (χ3n) is 3.56. The van der Waals surface area contributed by atoms with Gasteiger partial charge in [0.15, 0.2) is 0 Å². The summed E-state index contributed by atoms with van der Waals surface area (Å²) in [6.07, 6.45) is -4.43. The maximum atomic E-state index is 12.8. The molecule has 130 valence electrons. The zero-order chi connectivity index (χ0) is 18.0. The molecule has 0 aromatic heterocycles. The second-order valence-electron chi connectivity index (χ2n) is 7.28. The second-order valence-corrected chi connectivity index (χ2v) is 7.28. The van der Waals surface area contributed by atoms with Crippen LogP contribution in [0.15, 0.2) is 42.5 Å². The molecule has 0 aliphatic rings. The number of halogens is 3. The van der Waals surface area contributed by atoms with Crippen LogP contribution in [-0.4, -0.2) is 30.1 Å². The molecule has 0 fully saturated rings. The quantitative estimate of drug-likeness (QED) is 0.783. The van der Waals surface area contributed by atoms with Crippen molar-refractivity contribution >= 4 is 16.7 Å². The van der Waals surface area contributed by atoms with Crippen LogP contribution in [0.5, 0.6) is 0 Å². The fourth-order valence-corrected chi connectivity index (χ4v) is 2.66. The van der Waals surface area contributed by atoms with Crippen LogP contribution in [0, 0.1) is 5.41 Å². The normalized spacial score (nSPS) is 12.4. The molecule has 2 aromatic rings. The Hall–Kier alpha value is -2.04.